The highest BCUT2D eigenvalue weighted by Gasteiger charge is 2.20. The number of thiophene rings is 1. The number of hydrogen-bond donors (Lipinski definition) is 2. The zero-order chi connectivity index (χ0) is 18.7. The summed E-state index contributed by atoms with van der Waals surface area (Å²) in [6.07, 6.45) is 0. The molecule has 1 atom stereocenters. The van der Waals surface area contributed by atoms with Crippen LogP contribution in [0.5, 0.6) is 0 Å². The van der Waals surface area contributed by atoms with Gasteiger partial charge in [0.1, 0.15) is 16.9 Å². The molecule has 1 aromatic carbocycles. The van der Waals surface area contributed by atoms with Crippen molar-refractivity contribution in [2.45, 2.75) is 19.5 Å². The lowest BCUT2D eigenvalue weighted by molar-refractivity contribution is -0.120. The van der Waals surface area contributed by atoms with E-state index in [1.54, 1.807) is 48.5 Å². The Labute approximate surface area is 153 Å². The van der Waals surface area contributed by atoms with Gasteiger partial charge < -0.3 is 10.3 Å². The number of nitrogens with one attached hydrogen (secondary N) is 2. The van der Waals surface area contributed by atoms with Crippen LogP contribution in [0.2, 0.25) is 0 Å². The molecule has 3 aromatic rings. The molecule has 7 nitrogen and oxygen atoms in total. The van der Waals surface area contributed by atoms with Gasteiger partial charge in [0.15, 0.2) is 0 Å². The molecule has 1 unspecified atom stereocenters. The number of fused-ring (bicyclic) bond motifs is 1. The fraction of sp³-hybridized carbons (Fsp3) is 0.222. The maximum Gasteiger partial charge on any atom is 0.258 e. The summed E-state index contributed by atoms with van der Waals surface area (Å²) in [6, 6.07) is 10.4. The number of carbonyl (C=O) groups is 1. The largest absolute Gasteiger partial charge is 0.315 e. The number of anilines is 1. The first-order valence-corrected chi connectivity index (χ1v) is 8.84. The monoisotopic (exact) mass is 367 g/mol. The molecular weight excluding hydrogens is 350 g/mol. The van der Waals surface area contributed by atoms with Crippen molar-refractivity contribution < 1.29 is 4.79 Å². The summed E-state index contributed by atoms with van der Waals surface area (Å²) in [4.78, 5) is 33.6. The van der Waals surface area contributed by atoms with Gasteiger partial charge >= 0.3 is 0 Å². The molecule has 2 heterocycles. The van der Waals surface area contributed by atoms with Gasteiger partial charge in [0, 0.05) is 0 Å². The van der Waals surface area contributed by atoms with Gasteiger partial charge in [-0.05, 0) is 37.6 Å². The SMILES string of the molecule is CC(C(=O)Nc1sccc1C#N)N(C)Cc1nc2ccccc2c(=O)[nH]1. The molecule has 3 rings (SSSR count). The van der Waals surface area contributed by atoms with Gasteiger partial charge in [0.25, 0.3) is 5.56 Å². The molecule has 0 spiro atoms. The summed E-state index contributed by atoms with van der Waals surface area (Å²) in [5.74, 6) is 0.263. The Morgan fingerprint density at radius 3 is 2.96 bits per heavy atom. The van der Waals surface area contributed by atoms with E-state index in [4.69, 9.17) is 5.26 Å². The van der Waals surface area contributed by atoms with E-state index < -0.39 is 6.04 Å². The number of hydrogen-bond acceptors (Lipinski definition) is 6. The Balaban J connectivity index is 1.73. The fourth-order valence-corrected chi connectivity index (χ4v) is 3.23. The molecule has 2 N–H and O–H groups in total. The van der Waals surface area contributed by atoms with E-state index in [9.17, 15) is 9.59 Å². The predicted molar refractivity (Wildman–Crippen MR) is 101 cm³/mol. The summed E-state index contributed by atoms with van der Waals surface area (Å²) >= 11 is 1.31. The molecule has 2 aromatic heterocycles. The van der Waals surface area contributed by atoms with Gasteiger partial charge in [-0.2, -0.15) is 5.26 Å². The van der Waals surface area contributed by atoms with Crippen LogP contribution in [0, 0.1) is 11.3 Å². The Kier molecular flexibility index (Phi) is 5.11. The predicted octanol–water partition coefficient (Wildman–Crippen LogP) is 2.32. The quantitative estimate of drug-likeness (QED) is 0.720. The van der Waals surface area contributed by atoms with E-state index in [1.165, 1.54) is 11.3 Å². The van der Waals surface area contributed by atoms with Crippen molar-refractivity contribution in [2.75, 3.05) is 12.4 Å². The minimum absolute atomic E-state index is 0.201. The maximum atomic E-state index is 12.4. The highest BCUT2D eigenvalue weighted by molar-refractivity contribution is 7.14. The third-order valence-corrected chi connectivity index (χ3v) is 4.95. The van der Waals surface area contributed by atoms with Gasteiger partial charge in [-0.3, -0.25) is 14.5 Å². The number of carbonyl (C=O) groups excluding carboxylic acids is 1. The van der Waals surface area contributed by atoms with Crippen LogP contribution in [0.25, 0.3) is 10.9 Å². The van der Waals surface area contributed by atoms with Crippen molar-refractivity contribution >= 4 is 33.1 Å². The molecule has 1 amide bonds. The normalized spacial score (nSPS) is 12.1. The molecule has 26 heavy (non-hydrogen) atoms. The molecule has 0 saturated heterocycles. The van der Waals surface area contributed by atoms with Gasteiger partial charge in [-0.15, -0.1) is 11.3 Å². The average molecular weight is 367 g/mol. The van der Waals surface area contributed by atoms with Crippen molar-refractivity contribution in [3.8, 4) is 6.07 Å². The second-order valence-electron chi connectivity index (χ2n) is 5.89. The van der Waals surface area contributed by atoms with Gasteiger partial charge in [-0.1, -0.05) is 12.1 Å². The molecule has 0 saturated carbocycles. The lowest BCUT2D eigenvalue weighted by Gasteiger charge is -2.23. The highest BCUT2D eigenvalue weighted by Crippen LogP contribution is 2.22. The summed E-state index contributed by atoms with van der Waals surface area (Å²) in [7, 11) is 1.78. The zero-order valence-electron chi connectivity index (χ0n) is 14.3. The molecule has 0 aliphatic heterocycles. The third kappa shape index (κ3) is 3.64. The van der Waals surface area contributed by atoms with Crippen molar-refractivity contribution in [3.63, 3.8) is 0 Å². The van der Waals surface area contributed by atoms with Crippen LogP contribution in [-0.2, 0) is 11.3 Å². The van der Waals surface area contributed by atoms with Gasteiger partial charge in [0.05, 0.1) is 29.1 Å². The molecule has 0 bridgehead atoms. The van der Waals surface area contributed by atoms with Gasteiger partial charge in [0.2, 0.25) is 5.91 Å². The number of H-pyrrole nitrogens is 1. The number of para-hydroxylation sites is 1. The zero-order valence-corrected chi connectivity index (χ0v) is 15.1. The van der Waals surface area contributed by atoms with Crippen molar-refractivity contribution in [1.29, 1.82) is 5.26 Å². The summed E-state index contributed by atoms with van der Waals surface area (Å²) in [5.41, 5.74) is 0.862. The highest BCUT2D eigenvalue weighted by atomic mass is 32.1. The smallest absolute Gasteiger partial charge is 0.258 e. The number of nitrogens with zero attached hydrogens (tertiary/aromatic N) is 3. The fourth-order valence-electron chi connectivity index (χ4n) is 2.49. The first-order valence-electron chi connectivity index (χ1n) is 7.96. The number of amides is 1. The number of rotatable bonds is 5. The molecule has 0 radical (unpaired) electrons. The Morgan fingerprint density at radius 2 is 2.19 bits per heavy atom. The van der Waals surface area contributed by atoms with Crippen molar-refractivity contribution in [3.05, 3.63) is 57.5 Å². The number of aromatic amines is 1. The minimum Gasteiger partial charge on any atom is -0.315 e. The van der Waals surface area contributed by atoms with Crippen LogP contribution >= 0.6 is 11.3 Å². The first-order chi connectivity index (χ1) is 12.5. The third-order valence-electron chi connectivity index (χ3n) is 4.12. The Bertz CT molecular complexity index is 1050. The van der Waals surface area contributed by atoms with Crippen LogP contribution in [0.15, 0.2) is 40.5 Å². The number of benzene rings is 1. The standard InChI is InChI=1S/C18H17N5O2S/c1-11(16(24)22-18-12(9-19)7-8-26-18)23(2)10-15-20-14-6-4-3-5-13(14)17(25)21-15/h3-8,11H,10H2,1-2H3,(H,22,24)(H,20,21,25). The van der Waals surface area contributed by atoms with Crippen molar-refractivity contribution in [1.82, 2.24) is 14.9 Å². The summed E-state index contributed by atoms with van der Waals surface area (Å²) < 4.78 is 0. The summed E-state index contributed by atoms with van der Waals surface area (Å²) in [6.45, 7) is 2.07. The average Bonchev–Trinajstić information content (AvgIpc) is 3.08. The topological polar surface area (TPSA) is 102 Å². The summed E-state index contributed by atoms with van der Waals surface area (Å²) in [5, 5.41) is 14.6. The van der Waals surface area contributed by atoms with E-state index in [2.05, 4.69) is 15.3 Å². The van der Waals surface area contributed by atoms with Crippen LogP contribution < -0.4 is 10.9 Å². The van der Waals surface area contributed by atoms with Crippen LogP contribution in [0.3, 0.4) is 0 Å². The molecule has 8 heteroatoms. The van der Waals surface area contributed by atoms with E-state index in [0.29, 0.717) is 33.8 Å². The number of aromatic nitrogens is 2. The van der Waals surface area contributed by atoms with Crippen molar-refractivity contribution in [2.24, 2.45) is 0 Å². The van der Waals surface area contributed by atoms with Crippen LogP contribution in [0.4, 0.5) is 5.00 Å². The van der Waals surface area contributed by atoms with E-state index >= 15 is 0 Å². The van der Waals surface area contributed by atoms with E-state index in [-0.39, 0.29) is 11.5 Å². The van der Waals surface area contributed by atoms with Gasteiger partial charge in [-0.25, -0.2) is 4.98 Å². The molecular formula is C18H17N5O2S. The minimum atomic E-state index is -0.472. The molecule has 132 valence electrons. The Hall–Kier alpha value is -3.02. The lowest BCUT2D eigenvalue weighted by atomic mass is 10.2. The number of nitriles is 1. The second kappa shape index (κ2) is 7.47. The first kappa shape index (κ1) is 17.8. The lowest BCUT2D eigenvalue weighted by Crippen LogP contribution is -2.39. The molecule has 0 aliphatic rings. The van der Waals surface area contributed by atoms with E-state index in [1.807, 2.05) is 12.1 Å². The maximum absolute atomic E-state index is 12.4. The molecule has 0 aliphatic carbocycles. The van der Waals surface area contributed by atoms with Crippen LogP contribution in [-0.4, -0.2) is 33.9 Å². The molecule has 0 fully saturated rings. The van der Waals surface area contributed by atoms with E-state index in [0.717, 1.165) is 0 Å². The second-order valence-corrected chi connectivity index (χ2v) is 6.80. The Morgan fingerprint density at radius 1 is 1.42 bits per heavy atom. The van der Waals surface area contributed by atoms with Crippen LogP contribution in [0.1, 0.15) is 18.3 Å². The number of likely N-dealkylation sites (N-methyl/N-ethyl adjacent to an activating group) is 1.